The Morgan fingerprint density at radius 3 is 2.13 bits per heavy atom. The second-order valence-electron chi connectivity index (χ2n) is 6.23. The molecule has 0 amide bonds. The van der Waals surface area contributed by atoms with E-state index in [1.807, 2.05) is 42.1 Å². The van der Waals surface area contributed by atoms with Gasteiger partial charge in [0.15, 0.2) is 0 Å². The van der Waals surface area contributed by atoms with E-state index in [-0.39, 0.29) is 0 Å². The number of likely N-dealkylation sites (tertiary alicyclic amines) is 1. The average molecular weight is 327 g/mol. The molecule has 23 heavy (non-hydrogen) atoms. The molecule has 1 fully saturated rings. The third-order valence-corrected chi connectivity index (χ3v) is 6.16. The topological polar surface area (TPSA) is 23.5 Å². The number of nitrogens with zero attached hydrogens (tertiary/aromatic N) is 1. The minimum absolute atomic E-state index is 0.484. The van der Waals surface area contributed by atoms with E-state index in [4.69, 9.17) is 0 Å². The van der Waals surface area contributed by atoms with Crippen LogP contribution in [0.1, 0.15) is 31.7 Å². The van der Waals surface area contributed by atoms with Gasteiger partial charge in [0.1, 0.15) is 0 Å². The molecule has 0 bridgehead atoms. The molecule has 1 aliphatic rings. The molecule has 1 aliphatic heterocycles. The third kappa shape index (κ3) is 3.97. The zero-order valence-corrected chi connectivity index (χ0v) is 14.5. The van der Waals surface area contributed by atoms with Gasteiger partial charge in [0, 0.05) is 18.0 Å². The molecule has 1 heterocycles. The maximum Gasteiger partial charge on any atom is 0.0920 e. The van der Waals surface area contributed by atoms with Gasteiger partial charge in [-0.25, -0.2) is 0 Å². The highest BCUT2D eigenvalue weighted by molar-refractivity contribution is 7.99. The van der Waals surface area contributed by atoms with Crippen LogP contribution in [0.15, 0.2) is 65.6 Å². The SMILES string of the molecule is CCC(Sc1ccccc1)N1CCC(O)(c2ccccc2)CC1. The summed E-state index contributed by atoms with van der Waals surface area (Å²) in [5, 5.41) is 11.5. The molecule has 0 spiro atoms. The Balaban J connectivity index is 1.63. The summed E-state index contributed by atoms with van der Waals surface area (Å²) in [6.45, 7) is 4.14. The minimum Gasteiger partial charge on any atom is -0.385 e. The number of hydrogen-bond donors (Lipinski definition) is 1. The van der Waals surface area contributed by atoms with E-state index in [0.717, 1.165) is 37.9 Å². The van der Waals surface area contributed by atoms with Crippen LogP contribution in [0.2, 0.25) is 0 Å². The Morgan fingerprint density at radius 2 is 1.57 bits per heavy atom. The van der Waals surface area contributed by atoms with E-state index in [1.54, 1.807) is 0 Å². The van der Waals surface area contributed by atoms with Crippen LogP contribution in [0.4, 0.5) is 0 Å². The molecule has 3 heteroatoms. The van der Waals surface area contributed by atoms with Gasteiger partial charge in [0.2, 0.25) is 0 Å². The lowest BCUT2D eigenvalue weighted by atomic mass is 9.84. The van der Waals surface area contributed by atoms with Crippen LogP contribution < -0.4 is 0 Å². The zero-order valence-electron chi connectivity index (χ0n) is 13.7. The minimum atomic E-state index is -0.659. The van der Waals surface area contributed by atoms with Crippen LogP contribution in [0, 0.1) is 0 Å². The largest absolute Gasteiger partial charge is 0.385 e. The molecule has 0 saturated carbocycles. The van der Waals surface area contributed by atoms with E-state index in [0.29, 0.717) is 5.37 Å². The first kappa shape index (κ1) is 16.6. The molecule has 0 aromatic heterocycles. The molecule has 122 valence electrons. The molecule has 1 N–H and O–H groups in total. The van der Waals surface area contributed by atoms with E-state index < -0.39 is 5.60 Å². The van der Waals surface area contributed by atoms with E-state index in [9.17, 15) is 5.11 Å². The van der Waals surface area contributed by atoms with Gasteiger partial charge in [-0.3, -0.25) is 4.90 Å². The Hall–Kier alpha value is -1.29. The number of hydrogen-bond acceptors (Lipinski definition) is 3. The summed E-state index contributed by atoms with van der Waals surface area (Å²) < 4.78 is 0. The van der Waals surface area contributed by atoms with Gasteiger partial charge < -0.3 is 5.11 Å². The average Bonchev–Trinajstić information content (AvgIpc) is 2.62. The predicted octanol–water partition coefficient (Wildman–Crippen LogP) is 4.50. The van der Waals surface area contributed by atoms with E-state index in [2.05, 4.69) is 42.2 Å². The molecule has 2 aromatic carbocycles. The van der Waals surface area contributed by atoms with Crippen molar-refractivity contribution in [3.05, 3.63) is 66.2 Å². The number of piperidine rings is 1. The molecule has 3 rings (SSSR count). The van der Waals surface area contributed by atoms with Gasteiger partial charge in [0.25, 0.3) is 0 Å². The van der Waals surface area contributed by atoms with Crippen LogP contribution >= 0.6 is 11.8 Å². The summed E-state index contributed by atoms with van der Waals surface area (Å²) in [6, 6.07) is 20.7. The molecule has 0 aliphatic carbocycles. The summed E-state index contributed by atoms with van der Waals surface area (Å²) in [5.74, 6) is 0. The summed E-state index contributed by atoms with van der Waals surface area (Å²) in [5.41, 5.74) is 0.399. The van der Waals surface area contributed by atoms with Crippen molar-refractivity contribution in [2.24, 2.45) is 0 Å². The molecule has 1 saturated heterocycles. The lowest BCUT2D eigenvalue weighted by Gasteiger charge is -2.41. The van der Waals surface area contributed by atoms with Gasteiger partial charge in [-0.2, -0.15) is 0 Å². The zero-order chi connectivity index (χ0) is 16.1. The van der Waals surface area contributed by atoms with Crippen molar-refractivity contribution in [2.75, 3.05) is 13.1 Å². The summed E-state index contributed by atoms with van der Waals surface area (Å²) in [7, 11) is 0. The van der Waals surface area contributed by atoms with Crippen LogP contribution in [0.3, 0.4) is 0 Å². The third-order valence-electron chi connectivity index (χ3n) is 4.71. The van der Waals surface area contributed by atoms with Crippen molar-refractivity contribution in [1.82, 2.24) is 4.90 Å². The lowest BCUT2D eigenvalue weighted by Crippen LogP contribution is -2.45. The summed E-state index contributed by atoms with van der Waals surface area (Å²) >= 11 is 1.94. The quantitative estimate of drug-likeness (QED) is 0.818. The van der Waals surface area contributed by atoms with Crippen LogP contribution in [-0.4, -0.2) is 28.5 Å². The maximum atomic E-state index is 11.0. The van der Waals surface area contributed by atoms with Crippen molar-refractivity contribution < 1.29 is 5.11 Å². The number of aliphatic hydroxyl groups is 1. The fraction of sp³-hybridized carbons (Fsp3) is 0.400. The van der Waals surface area contributed by atoms with E-state index in [1.165, 1.54) is 4.90 Å². The Labute approximate surface area is 143 Å². The number of benzene rings is 2. The predicted molar refractivity (Wildman–Crippen MR) is 97.5 cm³/mol. The van der Waals surface area contributed by atoms with Crippen molar-refractivity contribution in [3.8, 4) is 0 Å². The van der Waals surface area contributed by atoms with Crippen LogP contribution in [-0.2, 0) is 5.60 Å². The first-order valence-corrected chi connectivity index (χ1v) is 9.33. The van der Waals surface area contributed by atoms with Gasteiger partial charge in [-0.15, -0.1) is 11.8 Å². The van der Waals surface area contributed by atoms with Crippen LogP contribution in [0.25, 0.3) is 0 Å². The first-order valence-electron chi connectivity index (χ1n) is 8.45. The normalized spacial score (nSPS) is 19.4. The van der Waals surface area contributed by atoms with Crippen molar-refractivity contribution in [2.45, 2.75) is 42.1 Å². The molecular formula is C20H25NOS. The van der Waals surface area contributed by atoms with Gasteiger partial charge in [-0.1, -0.05) is 55.5 Å². The summed E-state index contributed by atoms with van der Waals surface area (Å²) in [6.07, 6.45) is 2.73. The number of rotatable bonds is 5. The second-order valence-corrected chi connectivity index (χ2v) is 7.48. The highest BCUT2D eigenvalue weighted by atomic mass is 32.2. The molecule has 1 atom stereocenters. The van der Waals surface area contributed by atoms with Gasteiger partial charge in [-0.05, 0) is 37.0 Å². The Bertz CT molecular complexity index is 594. The van der Waals surface area contributed by atoms with Crippen molar-refractivity contribution in [3.63, 3.8) is 0 Å². The van der Waals surface area contributed by atoms with Crippen molar-refractivity contribution in [1.29, 1.82) is 0 Å². The van der Waals surface area contributed by atoms with Gasteiger partial charge >= 0.3 is 0 Å². The standard InChI is InChI=1S/C20H25NOS/c1-2-19(23-18-11-7-4-8-12-18)21-15-13-20(22,14-16-21)17-9-5-3-6-10-17/h3-12,19,22H,2,13-16H2,1H3. The van der Waals surface area contributed by atoms with Gasteiger partial charge in [0.05, 0.1) is 11.0 Å². The highest BCUT2D eigenvalue weighted by Gasteiger charge is 2.35. The Kier molecular flexibility index (Phi) is 5.42. The fourth-order valence-electron chi connectivity index (χ4n) is 3.29. The monoisotopic (exact) mass is 327 g/mol. The maximum absolute atomic E-state index is 11.0. The molecule has 0 radical (unpaired) electrons. The smallest absolute Gasteiger partial charge is 0.0920 e. The molecule has 1 unspecified atom stereocenters. The first-order chi connectivity index (χ1) is 11.2. The highest BCUT2D eigenvalue weighted by Crippen LogP contribution is 2.36. The lowest BCUT2D eigenvalue weighted by molar-refractivity contribution is -0.0285. The van der Waals surface area contributed by atoms with Crippen LogP contribution in [0.5, 0.6) is 0 Å². The molecule has 2 nitrogen and oxygen atoms in total. The fourth-order valence-corrected chi connectivity index (χ4v) is 4.45. The van der Waals surface area contributed by atoms with E-state index >= 15 is 0 Å². The summed E-state index contributed by atoms with van der Waals surface area (Å²) in [4.78, 5) is 3.85. The van der Waals surface area contributed by atoms with Crippen molar-refractivity contribution >= 4 is 11.8 Å². The molecule has 2 aromatic rings. The molecular weight excluding hydrogens is 302 g/mol. The Morgan fingerprint density at radius 1 is 1.00 bits per heavy atom. The second kappa shape index (κ2) is 7.52. The number of thioether (sulfide) groups is 1.